The molecule has 0 saturated carbocycles. The molecule has 2 aromatic rings. The van der Waals surface area contributed by atoms with Crippen LogP contribution in [0.25, 0.3) is 0 Å². The maximum atomic E-state index is 5.86. The lowest BCUT2D eigenvalue weighted by atomic mass is 10.2. The number of hydrogen-bond donors (Lipinski definition) is 1. The topological polar surface area (TPSA) is 35.2 Å². The van der Waals surface area contributed by atoms with Gasteiger partial charge in [-0.05, 0) is 59.3 Å². The second kappa shape index (κ2) is 4.74. The van der Waals surface area contributed by atoms with Crippen LogP contribution >= 0.6 is 22.6 Å². The van der Waals surface area contributed by atoms with Gasteiger partial charge < -0.3 is 10.5 Å². The fourth-order valence-corrected chi connectivity index (χ4v) is 1.87. The van der Waals surface area contributed by atoms with E-state index in [0.29, 0.717) is 11.4 Å². The largest absolute Gasteiger partial charge is 0.454 e. The third kappa shape index (κ3) is 2.47. The Morgan fingerprint density at radius 3 is 2.56 bits per heavy atom. The van der Waals surface area contributed by atoms with E-state index in [0.717, 1.165) is 14.9 Å². The van der Waals surface area contributed by atoms with Gasteiger partial charge >= 0.3 is 0 Å². The monoisotopic (exact) mass is 325 g/mol. The standard InChI is InChI=1S/C13H12INO/c1-9-6-7-11(15)13(8-9)16-12-5-3-2-4-10(12)14/h2-8H,15H2,1H3. The van der Waals surface area contributed by atoms with E-state index in [-0.39, 0.29) is 0 Å². The molecule has 0 unspecified atom stereocenters. The summed E-state index contributed by atoms with van der Waals surface area (Å²) >= 11 is 2.24. The highest BCUT2D eigenvalue weighted by atomic mass is 127. The summed E-state index contributed by atoms with van der Waals surface area (Å²) in [6.45, 7) is 2.02. The molecular formula is C13H12INO. The number of ether oxygens (including phenoxy) is 1. The van der Waals surface area contributed by atoms with Gasteiger partial charge in [-0.2, -0.15) is 0 Å². The Balaban J connectivity index is 2.34. The minimum Gasteiger partial charge on any atom is -0.454 e. The zero-order valence-corrected chi connectivity index (χ0v) is 11.1. The molecule has 0 bridgehead atoms. The average Bonchev–Trinajstić information content (AvgIpc) is 2.27. The van der Waals surface area contributed by atoms with Gasteiger partial charge in [0.25, 0.3) is 0 Å². The number of rotatable bonds is 2. The van der Waals surface area contributed by atoms with Gasteiger partial charge in [0, 0.05) is 0 Å². The molecule has 2 nitrogen and oxygen atoms in total. The van der Waals surface area contributed by atoms with E-state index >= 15 is 0 Å². The van der Waals surface area contributed by atoms with Crippen molar-refractivity contribution in [1.29, 1.82) is 0 Å². The molecule has 3 heteroatoms. The van der Waals surface area contributed by atoms with E-state index in [1.807, 2.05) is 49.4 Å². The first kappa shape index (κ1) is 11.3. The van der Waals surface area contributed by atoms with Crippen LogP contribution in [0.3, 0.4) is 0 Å². The Morgan fingerprint density at radius 1 is 1.06 bits per heavy atom. The first-order valence-corrected chi connectivity index (χ1v) is 6.03. The van der Waals surface area contributed by atoms with Crippen molar-refractivity contribution >= 4 is 28.3 Å². The van der Waals surface area contributed by atoms with Crippen LogP contribution in [0.4, 0.5) is 5.69 Å². The third-order valence-electron chi connectivity index (χ3n) is 2.23. The lowest BCUT2D eigenvalue weighted by molar-refractivity contribution is 0.481. The van der Waals surface area contributed by atoms with Crippen LogP contribution in [0.15, 0.2) is 42.5 Å². The van der Waals surface area contributed by atoms with Crippen LogP contribution in [0.2, 0.25) is 0 Å². The van der Waals surface area contributed by atoms with Crippen LogP contribution in [0.5, 0.6) is 11.5 Å². The Labute approximate surface area is 109 Å². The minimum atomic E-state index is 0.658. The van der Waals surface area contributed by atoms with Gasteiger partial charge in [-0.15, -0.1) is 0 Å². The number of anilines is 1. The van der Waals surface area contributed by atoms with E-state index in [1.54, 1.807) is 0 Å². The van der Waals surface area contributed by atoms with Crippen molar-refractivity contribution in [3.05, 3.63) is 51.6 Å². The number of nitrogen functional groups attached to an aromatic ring is 1. The molecule has 0 fully saturated rings. The molecule has 0 atom stereocenters. The number of halogens is 1. The van der Waals surface area contributed by atoms with Crippen LogP contribution in [-0.4, -0.2) is 0 Å². The van der Waals surface area contributed by atoms with Crippen molar-refractivity contribution in [3.8, 4) is 11.5 Å². The molecule has 0 aliphatic heterocycles. The zero-order valence-electron chi connectivity index (χ0n) is 8.91. The molecule has 82 valence electrons. The summed E-state index contributed by atoms with van der Waals surface area (Å²) in [7, 11) is 0. The predicted octanol–water partition coefficient (Wildman–Crippen LogP) is 3.97. The van der Waals surface area contributed by atoms with Gasteiger partial charge in [0.2, 0.25) is 0 Å². The van der Waals surface area contributed by atoms with Gasteiger partial charge in [-0.3, -0.25) is 0 Å². The van der Waals surface area contributed by atoms with E-state index in [1.165, 1.54) is 0 Å². The van der Waals surface area contributed by atoms with Crippen molar-refractivity contribution in [1.82, 2.24) is 0 Å². The third-order valence-corrected chi connectivity index (χ3v) is 3.12. The number of hydrogen-bond acceptors (Lipinski definition) is 2. The molecule has 0 spiro atoms. The summed E-state index contributed by atoms with van der Waals surface area (Å²) in [6.07, 6.45) is 0. The summed E-state index contributed by atoms with van der Waals surface area (Å²) in [5.41, 5.74) is 7.65. The Hall–Kier alpha value is -1.23. The second-order valence-electron chi connectivity index (χ2n) is 3.57. The zero-order chi connectivity index (χ0) is 11.5. The average molecular weight is 325 g/mol. The van der Waals surface area contributed by atoms with Gasteiger partial charge in [-0.25, -0.2) is 0 Å². The SMILES string of the molecule is Cc1ccc(N)c(Oc2ccccc2I)c1. The molecule has 0 heterocycles. The lowest BCUT2D eigenvalue weighted by Crippen LogP contribution is -1.93. The Kier molecular flexibility index (Phi) is 3.33. The maximum Gasteiger partial charge on any atom is 0.150 e. The highest BCUT2D eigenvalue weighted by molar-refractivity contribution is 14.1. The van der Waals surface area contributed by atoms with E-state index in [2.05, 4.69) is 22.6 Å². The maximum absolute atomic E-state index is 5.86. The van der Waals surface area contributed by atoms with Crippen molar-refractivity contribution in [2.45, 2.75) is 6.92 Å². The van der Waals surface area contributed by atoms with Gasteiger partial charge in [-0.1, -0.05) is 18.2 Å². The molecule has 0 saturated heterocycles. The smallest absolute Gasteiger partial charge is 0.150 e. The van der Waals surface area contributed by atoms with Crippen molar-refractivity contribution in [3.63, 3.8) is 0 Å². The van der Waals surface area contributed by atoms with E-state index < -0.39 is 0 Å². The van der Waals surface area contributed by atoms with Crippen LogP contribution in [-0.2, 0) is 0 Å². The summed E-state index contributed by atoms with van der Waals surface area (Å²) in [5, 5.41) is 0. The van der Waals surface area contributed by atoms with Crippen molar-refractivity contribution in [2.75, 3.05) is 5.73 Å². The Morgan fingerprint density at radius 2 is 1.81 bits per heavy atom. The molecule has 2 N–H and O–H groups in total. The van der Waals surface area contributed by atoms with E-state index in [4.69, 9.17) is 10.5 Å². The number of para-hydroxylation sites is 1. The molecule has 0 aliphatic carbocycles. The fraction of sp³-hybridized carbons (Fsp3) is 0.0769. The first-order chi connectivity index (χ1) is 7.66. The molecule has 0 aromatic heterocycles. The molecular weight excluding hydrogens is 313 g/mol. The summed E-state index contributed by atoms with van der Waals surface area (Å²) in [5.74, 6) is 1.55. The predicted molar refractivity (Wildman–Crippen MR) is 74.8 cm³/mol. The molecule has 0 radical (unpaired) electrons. The number of nitrogens with two attached hydrogens (primary N) is 1. The lowest BCUT2D eigenvalue weighted by Gasteiger charge is -2.10. The van der Waals surface area contributed by atoms with Crippen LogP contribution in [0.1, 0.15) is 5.56 Å². The first-order valence-electron chi connectivity index (χ1n) is 4.95. The highest BCUT2D eigenvalue weighted by Crippen LogP contribution is 2.30. The van der Waals surface area contributed by atoms with Crippen molar-refractivity contribution < 1.29 is 4.74 Å². The molecule has 2 aromatic carbocycles. The van der Waals surface area contributed by atoms with Crippen LogP contribution in [0, 0.1) is 10.5 Å². The summed E-state index contributed by atoms with van der Waals surface area (Å²) < 4.78 is 6.86. The van der Waals surface area contributed by atoms with E-state index in [9.17, 15) is 0 Å². The summed E-state index contributed by atoms with van der Waals surface area (Å²) in [6, 6.07) is 13.6. The molecule has 0 aliphatic rings. The van der Waals surface area contributed by atoms with Gasteiger partial charge in [0.15, 0.2) is 5.75 Å². The van der Waals surface area contributed by atoms with Gasteiger partial charge in [0.05, 0.1) is 9.26 Å². The number of benzene rings is 2. The Bertz CT molecular complexity index is 511. The highest BCUT2D eigenvalue weighted by Gasteiger charge is 2.04. The normalized spacial score (nSPS) is 10.1. The van der Waals surface area contributed by atoms with Crippen molar-refractivity contribution in [2.24, 2.45) is 0 Å². The quantitative estimate of drug-likeness (QED) is 0.670. The molecule has 2 rings (SSSR count). The van der Waals surface area contributed by atoms with Crippen LogP contribution < -0.4 is 10.5 Å². The fourth-order valence-electron chi connectivity index (χ4n) is 1.38. The second-order valence-corrected chi connectivity index (χ2v) is 4.74. The molecule has 16 heavy (non-hydrogen) atoms. The number of aryl methyl sites for hydroxylation is 1. The van der Waals surface area contributed by atoms with Gasteiger partial charge in [0.1, 0.15) is 5.75 Å². The minimum absolute atomic E-state index is 0.658. The molecule has 0 amide bonds. The summed E-state index contributed by atoms with van der Waals surface area (Å²) in [4.78, 5) is 0.